The highest BCUT2D eigenvalue weighted by atomic mass is 32.2. The molecule has 0 unspecified atom stereocenters. The first-order valence-electron chi connectivity index (χ1n) is 6.04. The first-order chi connectivity index (χ1) is 9.24. The van der Waals surface area contributed by atoms with Crippen LogP contribution in [0, 0.1) is 0 Å². The minimum absolute atomic E-state index is 0.0380. The fraction of sp³-hybridized carbons (Fsp3) is 0.200. The van der Waals surface area contributed by atoms with Crippen LogP contribution in [0.15, 0.2) is 47.5 Å². The van der Waals surface area contributed by atoms with E-state index in [1.807, 2.05) is 37.4 Å². The molecule has 0 bridgehead atoms. The molecule has 0 fully saturated rings. The molecule has 0 aliphatic heterocycles. The lowest BCUT2D eigenvalue weighted by Gasteiger charge is -2.09. The van der Waals surface area contributed by atoms with Crippen LogP contribution in [-0.4, -0.2) is 17.0 Å². The first kappa shape index (κ1) is 13.6. The van der Waals surface area contributed by atoms with Gasteiger partial charge in [-0.1, -0.05) is 19.1 Å². The minimum atomic E-state index is 0.0380. The van der Waals surface area contributed by atoms with Crippen molar-refractivity contribution in [1.29, 1.82) is 0 Å². The molecule has 19 heavy (non-hydrogen) atoms. The Morgan fingerprint density at radius 1 is 1.26 bits per heavy atom. The van der Waals surface area contributed by atoms with Gasteiger partial charge in [0.05, 0.1) is 6.20 Å². The number of hydrogen-bond donors (Lipinski definition) is 0. The summed E-state index contributed by atoms with van der Waals surface area (Å²) >= 11 is 1.63. The molecule has 0 aliphatic carbocycles. The van der Waals surface area contributed by atoms with Gasteiger partial charge in [0, 0.05) is 11.3 Å². The van der Waals surface area contributed by atoms with Gasteiger partial charge in [-0.2, -0.15) is 0 Å². The molecule has 4 heteroatoms. The van der Waals surface area contributed by atoms with Gasteiger partial charge in [0.1, 0.15) is 17.2 Å². The Labute approximate surface area is 117 Å². The van der Waals surface area contributed by atoms with Crippen molar-refractivity contribution in [3.8, 4) is 11.5 Å². The van der Waals surface area contributed by atoms with Gasteiger partial charge in [0.25, 0.3) is 0 Å². The Balaban J connectivity index is 2.17. The Morgan fingerprint density at radius 2 is 2.05 bits per heavy atom. The van der Waals surface area contributed by atoms with Gasteiger partial charge in [-0.25, -0.2) is 4.98 Å². The minimum Gasteiger partial charge on any atom is -0.455 e. The van der Waals surface area contributed by atoms with Crippen LogP contribution in [0.5, 0.6) is 11.5 Å². The van der Waals surface area contributed by atoms with Crippen molar-refractivity contribution in [2.24, 2.45) is 0 Å². The number of ketones is 1. The zero-order valence-electron chi connectivity index (χ0n) is 10.9. The molecule has 1 aromatic heterocycles. The Morgan fingerprint density at radius 3 is 2.68 bits per heavy atom. The molecular weight excluding hydrogens is 258 g/mol. The molecule has 2 rings (SSSR count). The van der Waals surface area contributed by atoms with E-state index in [-0.39, 0.29) is 5.78 Å². The summed E-state index contributed by atoms with van der Waals surface area (Å²) in [4.78, 5) is 16.7. The van der Waals surface area contributed by atoms with Gasteiger partial charge >= 0.3 is 0 Å². The maximum Gasteiger partial charge on any atom is 0.180 e. The second-order valence-electron chi connectivity index (χ2n) is 3.91. The van der Waals surface area contributed by atoms with Crippen LogP contribution in [0.3, 0.4) is 0 Å². The monoisotopic (exact) mass is 273 g/mol. The molecule has 0 saturated carbocycles. The predicted molar refractivity (Wildman–Crippen MR) is 77.2 cm³/mol. The highest BCUT2D eigenvalue weighted by molar-refractivity contribution is 7.98. The van der Waals surface area contributed by atoms with E-state index in [0.29, 0.717) is 17.9 Å². The van der Waals surface area contributed by atoms with Gasteiger partial charge in [-0.05, 0) is 30.5 Å². The van der Waals surface area contributed by atoms with Crippen LogP contribution in [0.4, 0.5) is 0 Å². The fourth-order valence-electron chi connectivity index (χ4n) is 1.62. The van der Waals surface area contributed by atoms with Crippen molar-refractivity contribution in [2.45, 2.75) is 18.2 Å². The molecule has 0 spiro atoms. The van der Waals surface area contributed by atoms with Crippen LogP contribution >= 0.6 is 11.8 Å². The maximum atomic E-state index is 11.5. The molecule has 0 amide bonds. The zero-order chi connectivity index (χ0) is 13.7. The van der Waals surface area contributed by atoms with Gasteiger partial charge in [0.2, 0.25) is 0 Å². The molecule has 1 heterocycles. The lowest BCUT2D eigenvalue weighted by atomic mass is 10.2. The molecule has 3 nitrogen and oxygen atoms in total. The van der Waals surface area contributed by atoms with Crippen molar-refractivity contribution in [2.75, 3.05) is 6.26 Å². The molecule has 0 N–H and O–H groups in total. The van der Waals surface area contributed by atoms with E-state index in [2.05, 4.69) is 4.98 Å². The van der Waals surface area contributed by atoms with Gasteiger partial charge in [0.15, 0.2) is 5.78 Å². The number of nitrogens with zero attached hydrogens (tertiary/aromatic N) is 1. The van der Waals surface area contributed by atoms with Gasteiger partial charge < -0.3 is 4.74 Å². The van der Waals surface area contributed by atoms with Crippen molar-refractivity contribution in [3.63, 3.8) is 0 Å². The van der Waals surface area contributed by atoms with Crippen molar-refractivity contribution in [3.05, 3.63) is 48.3 Å². The second kappa shape index (κ2) is 6.38. The molecular formula is C15H15NO2S. The number of pyridine rings is 1. The molecule has 98 valence electrons. The quantitative estimate of drug-likeness (QED) is 0.605. The Hall–Kier alpha value is -1.81. The Kier molecular flexibility index (Phi) is 4.58. The molecule has 0 radical (unpaired) electrons. The second-order valence-corrected chi connectivity index (χ2v) is 4.76. The summed E-state index contributed by atoms with van der Waals surface area (Å²) < 4.78 is 5.77. The van der Waals surface area contributed by atoms with E-state index in [1.165, 1.54) is 0 Å². The van der Waals surface area contributed by atoms with Crippen LogP contribution < -0.4 is 4.74 Å². The third-order valence-corrected chi connectivity index (χ3v) is 3.42. The van der Waals surface area contributed by atoms with E-state index in [0.717, 1.165) is 10.6 Å². The number of ether oxygens (including phenoxy) is 1. The van der Waals surface area contributed by atoms with Crippen LogP contribution in [-0.2, 0) is 0 Å². The largest absolute Gasteiger partial charge is 0.455 e. The summed E-state index contributed by atoms with van der Waals surface area (Å²) in [6.45, 7) is 1.82. The predicted octanol–water partition coefficient (Wildman–Crippen LogP) is 4.19. The number of hydrogen-bond acceptors (Lipinski definition) is 4. The first-order valence-corrected chi connectivity index (χ1v) is 7.27. The number of carbonyl (C=O) groups excluding carboxylic acids is 1. The average Bonchev–Trinajstić information content (AvgIpc) is 2.48. The van der Waals surface area contributed by atoms with E-state index in [1.54, 1.807) is 30.1 Å². The van der Waals surface area contributed by atoms with Crippen molar-refractivity contribution >= 4 is 17.5 Å². The summed E-state index contributed by atoms with van der Waals surface area (Å²) in [6.07, 6.45) is 4.05. The third-order valence-electron chi connectivity index (χ3n) is 2.64. The summed E-state index contributed by atoms with van der Waals surface area (Å²) in [5.41, 5.74) is 0.480. The molecule has 1 aromatic carbocycles. The number of benzene rings is 1. The molecule has 2 aromatic rings. The SMILES string of the molecule is CCC(=O)c1ccc(Oc2ccccc2SC)cn1. The topological polar surface area (TPSA) is 39.2 Å². The molecule has 0 atom stereocenters. The van der Waals surface area contributed by atoms with Crippen molar-refractivity contribution < 1.29 is 9.53 Å². The zero-order valence-corrected chi connectivity index (χ0v) is 11.7. The number of thioether (sulfide) groups is 1. The third kappa shape index (κ3) is 3.35. The van der Waals surface area contributed by atoms with Crippen LogP contribution in [0.25, 0.3) is 0 Å². The summed E-state index contributed by atoms with van der Waals surface area (Å²) in [5.74, 6) is 1.47. The Bertz CT molecular complexity index is 567. The van der Waals surface area contributed by atoms with Gasteiger partial charge in [-0.3, -0.25) is 4.79 Å². The summed E-state index contributed by atoms with van der Waals surface area (Å²) in [6, 6.07) is 11.3. The van der Waals surface area contributed by atoms with E-state index < -0.39 is 0 Å². The lowest BCUT2D eigenvalue weighted by molar-refractivity contribution is 0.0983. The van der Waals surface area contributed by atoms with E-state index in [4.69, 9.17) is 4.74 Å². The van der Waals surface area contributed by atoms with Crippen LogP contribution in [0.1, 0.15) is 23.8 Å². The lowest BCUT2D eigenvalue weighted by Crippen LogP contribution is -1.99. The number of aromatic nitrogens is 1. The van der Waals surface area contributed by atoms with Crippen molar-refractivity contribution in [1.82, 2.24) is 4.98 Å². The smallest absolute Gasteiger partial charge is 0.180 e. The van der Waals surface area contributed by atoms with Gasteiger partial charge in [-0.15, -0.1) is 11.8 Å². The number of para-hydroxylation sites is 1. The fourth-order valence-corrected chi connectivity index (χ4v) is 2.14. The number of rotatable bonds is 5. The number of carbonyl (C=O) groups is 1. The number of Topliss-reactive ketones (excluding diaryl/α,β-unsaturated/α-hetero) is 1. The average molecular weight is 273 g/mol. The highest BCUT2D eigenvalue weighted by Crippen LogP contribution is 2.30. The van der Waals surface area contributed by atoms with E-state index >= 15 is 0 Å². The standard InChI is InChI=1S/C15H15NO2S/c1-3-13(17)12-9-8-11(10-16-12)18-14-6-4-5-7-15(14)19-2/h4-10H,3H2,1-2H3. The van der Waals surface area contributed by atoms with Crippen LogP contribution in [0.2, 0.25) is 0 Å². The maximum absolute atomic E-state index is 11.5. The molecule has 0 saturated heterocycles. The highest BCUT2D eigenvalue weighted by Gasteiger charge is 2.06. The summed E-state index contributed by atoms with van der Waals surface area (Å²) in [5, 5.41) is 0. The van der Waals surface area contributed by atoms with E-state index in [9.17, 15) is 4.79 Å². The molecule has 0 aliphatic rings. The normalized spacial score (nSPS) is 10.2. The summed E-state index contributed by atoms with van der Waals surface area (Å²) in [7, 11) is 0.